The Labute approximate surface area is 150 Å². The summed E-state index contributed by atoms with van der Waals surface area (Å²) < 4.78 is 0. The third-order valence-corrected chi connectivity index (χ3v) is 4.88. The smallest absolute Gasteiger partial charge is 0.329 e. The molecule has 1 aromatic rings. The molecule has 0 bridgehead atoms. The normalized spacial score (nSPS) is 18.0. The maximum absolute atomic E-state index is 12.5. The topological polar surface area (TPSA) is 116 Å². The molecule has 8 nitrogen and oxygen atoms in total. The maximum Gasteiger partial charge on any atom is 0.329 e. The Bertz CT molecular complexity index is 755. The van der Waals surface area contributed by atoms with E-state index in [1.165, 1.54) is 4.90 Å². The molecule has 1 aliphatic carbocycles. The van der Waals surface area contributed by atoms with Crippen LogP contribution in [0.4, 0.5) is 11.4 Å². The van der Waals surface area contributed by atoms with Crippen LogP contribution >= 0.6 is 0 Å². The Hall–Kier alpha value is -2.90. The lowest BCUT2D eigenvalue weighted by atomic mass is 9.97. The van der Waals surface area contributed by atoms with Crippen molar-refractivity contribution in [1.82, 2.24) is 5.32 Å². The van der Waals surface area contributed by atoms with E-state index >= 15 is 0 Å². The minimum absolute atomic E-state index is 0.0941. The molecule has 1 heterocycles. The van der Waals surface area contributed by atoms with Gasteiger partial charge in [-0.15, -0.1) is 0 Å². The van der Waals surface area contributed by atoms with Gasteiger partial charge in [-0.05, 0) is 25.0 Å². The first-order valence-electron chi connectivity index (χ1n) is 8.65. The summed E-state index contributed by atoms with van der Waals surface area (Å²) in [7, 11) is 0. The molecule has 0 unspecified atom stereocenters. The Morgan fingerprint density at radius 2 is 1.85 bits per heavy atom. The monoisotopic (exact) mass is 359 g/mol. The van der Waals surface area contributed by atoms with Crippen LogP contribution in [0.5, 0.6) is 0 Å². The number of para-hydroxylation sites is 2. The average Bonchev–Trinajstić information content (AvgIpc) is 3.08. The van der Waals surface area contributed by atoms with Gasteiger partial charge < -0.3 is 20.6 Å². The predicted molar refractivity (Wildman–Crippen MR) is 93.6 cm³/mol. The summed E-state index contributed by atoms with van der Waals surface area (Å²) in [5.74, 6) is -2.13. The van der Waals surface area contributed by atoms with Crippen LogP contribution in [-0.4, -0.2) is 40.9 Å². The van der Waals surface area contributed by atoms with Gasteiger partial charge in [-0.3, -0.25) is 14.4 Å². The van der Waals surface area contributed by atoms with Crippen molar-refractivity contribution in [2.24, 2.45) is 0 Å². The molecule has 1 aromatic carbocycles. The van der Waals surface area contributed by atoms with Gasteiger partial charge in [-0.2, -0.15) is 0 Å². The van der Waals surface area contributed by atoms with E-state index in [1.54, 1.807) is 24.3 Å². The van der Waals surface area contributed by atoms with Crippen molar-refractivity contribution in [3.8, 4) is 0 Å². The number of hydrogen-bond donors (Lipinski definition) is 3. The van der Waals surface area contributed by atoms with Gasteiger partial charge in [0.25, 0.3) is 0 Å². The van der Waals surface area contributed by atoms with Gasteiger partial charge >= 0.3 is 5.97 Å². The van der Waals surface area contributed by atoms with E-state index < -0.39 is 17.4 Å². The van der Waals surface area contributed by atoms with E-state index in [1.807, 2.05) is 0 Å². The average molecular weight is 359 g/mol. The summed E-state index contributed by atoms with van der Waals surface area (Å²) in [6.45, 7) is -0.101. The van der Waals surface area contributed by atoms with Crippen LogP contribution in [-0.2, 0) is 19.2 Å². The summed E-state index contributed by atoms with van der Waals surface area (Å²) in [5.41, 5.74) is -0.0646. The molecule has 2 aliphatic rings. The predicted octanol–water partition coefficient (Wildman–Crippen LogP) is 1.27. The molecule has 0 spiro atoms. The number of aliphatic carboxylic acids is 1. The number of rotatable bonds is 5. The highest BCUT2D eigenvalue weighted by molar-refractivity contribution is 6.10. The number of amides is 3. The summed E-state index contributed by atoms with van der Waals surface area (Å²) in [5, 5.41) is 14.7. The van der Waals surface area contributed by atoms with Gasteiger partial charge in [0, 0.05) is 12.8 Å². The molecule has 0 atom stereocenters. The number of carboxylic acids is 1. The highest BCUT2D eigenvalue weighted by atomic mass is 16.4. The zero-order chi connectivity index (χ0) is 18.7. The Kier molecular flexibility index (Phi) is 4.92. The molecule has 3 amide bonds. The number of carboxylic acid groups (broad SMARTS) is 1. The van der Waals surface area contributed by atoms with Gasteiger partial charge in [0.05, 0.1) is 11.4 Å². The van der Waals surface area contributed by atoms with Crippen molar-refractivity contribution in [1.29, 1.82) is 0 Å². The van der Waals surface area contributed by atoms with Crippen molar-refractivity contribution < 1.29 is 24.3 Å². The molecule has 0 saturated heterocycles. The summed E-state index contributed by atoms with van der Waals surface area (Å²) in [4.78, 5) is 49.3. The molecule has 3 N–H and O–H groups in total. The molecule has 138 valence electrons. The Morgan fingerprint density at radius 1 is 1.15 bits per heavy atom. The first kappa shape index (κ1) is 17.9. The van der Waals surface area contributed by atoms with E-state index in [0.717, 1.165) is 12.8 Å². The molecule has 3 rings (SSSR count). The third-order valence-electron chi connectivity index (χ3n) is 4.88. The van der Waals surface area contributed by atoms with Crippen LogP contribution in [0.1, 0.15) is 38.5 Å². The van der Waals surface area contributed by atoms with Crippen molar-refractivity contribution in [3.63, 3.8) is 0 Å². The second-order valence-corrected chi connectivity index (χ2v) is 6.69. The van der Waals surface area contributed by atoms with Crippen LogP contribution < -0.4 is 15.5 Å². The van der Waals surface area contributed by atoms with E-state index in [0.29, 0.717) is 24.2 Å². The van der Waals surface area contributed by atoms with Crippen LogP contribution in [0, 0.1) is 0 Å². The highest BCUT2D eigenvalue weighted by Gasteiger charge is 2.42. The standard InChI is InChI=1S/C18H21N3O5/c22-14(20-18(17(25)26)9-3-4-10-18)7-8-16(24)21-11-15(23)19-12-5-1-2-6-13(12)21/h1-2,5-6H,3-4,7-11H2,(H,19,23)(H,20,22)(H,25,26). The zero-order valence-corrected chi connectivity index (χ0v) is 14.3. The second kappa shape index (κ2) is 7.15. The number of benzene rings is 1. The van der Waals surface area contributed by atoms with Gasteiger partial charge in [-0.1, -0.05) is 25.0 Å². The number of carbonyl (C=O) groups is 4. The lowest BCUT2D eigenvalue weighted by Crippen LogP contribution is -2.52. The molecule has 26 heavy (non-hydrogen) atoms. The van der Waals surface area contributed by atoms with Crippen LogP contribution in [0.25, 0.3) is 0 Å². The van der Waals surface area contributed by atoms with Crippen LogP contribution in [0.15, 0.2) is 24.3 Å². The van der Waals surface area contributed by atoms with Crippen LogP contribution in [0.3, 0.4) is 0 Å². The maximum atomic E-state index is 12.5. The molecule has 1 saturated carbocycles. The fraction of sp³-hybridized carbons (Fsp3) is 0.444. The van der Waals surface area contributed by atoms with Crippen molar-refractivity contribution in [3.05, 3.63) is 24.3 Å². The molecule has 0 aromatic heterocycles. The van der Waals surface area contributed by atoms with Gasteiger partial charge in [0.1, 0.15) is 12.1 Å². The summed E-state index contributed by atoms with van der Waals surface area (Å²) in [6, 6.07) is 6.95. The number of nitrogens with one attached hydrogen (secondary N) is 2. The fourth-order valence-corrected chi connectivity index (χ4v) is 3.51. The highest BCUT2D eigenvalue weighted by Crippen LogP contribution is 2.31. The number of anilines is 2. The Morgan fingerprint density at radius 3 is 2.54 bits per heavy atom. The van der Waals surface area contributed by atoms with Crippen LogP contribution in [0.2, 0.25) is 0 Å². The van der Waals surface area contributed by atoms with E-state index in [-0.39, 0.29) is 31.2 Å². The fourth-order valence-electron chi connectivity index (χ4n) is 3.51. The number of hydrogen-bond acceptors (Lipinski definition) is 4. The SMILES string of the molecule is O=C1CN(C(=O)CCC(=O)NC2(C(=O)O)CCCC2)c2ccccc2N1. The van der Waals surface area contributed by atoms with Crippen molar-refractivity contribution in [2.45, 2.75) is 44.1 Å². The van der Waals surface area contributed by atoms with E-state index in [2.05, 4.69) is 10.6 Å². The molecular weight excluding hydrogens is 338 g/mol. The Balaban J connectivity index is 1.61. The number of carbonyl (C=O) groups excluding carboxylic acids is 3. The van der Waals surface area contributed by atoms with Crippen molar-refractivity contribution in [2.75, 3.05) is 16.8 Å². The molecule has 1 aliphatic heterocycles. The summed E-state index contributed by atoms with van der Waals surface area (Å²) in [6.07, 6.45) is 2.11. The van der Waals surface area contributed by atoms with Crippen molar-refractivity contribution >= 4 is 35.1 Å². The lowest BCUT2D eigenvalue weighted by molar-refractivity contribution is -0.147. The lowest BCUT2D eigenvalue weighted by Gasteiger charge is -2.29. The molecule has 0 radical (unpaired) electrons. The summed E-state index contributed by atoms with van der Waals surface area (Å²) >= 11 is 0. The quantitative estimate of drug-likeness (QED) is 0.732. The molecule has 8 heteroatoms. The van der Waals surface area contributed by atoms with E-state index in [9.17, 15) is 24.3 Å². The minimum atomic E-state index is -1.21. The first-order valence-corrected chi connectivity index (χ1v) is 8.65. The van der Waals surface area contributed by atoms with Gasteiger partial charge in [0.2, 0.25) is 17.7 Å². The first-order chi connectivity index (χ1) is 12.4. The third kappa shape index (κ3) is 3.54. The number of nitrogens with zero attached hydrogens (tertiary/aromatic N) is 1. The van der Waals surface area contributed by atoms with E-state index in [4.69, 9.17) is 0 Å². The number of fused-ring (bicyclic) bond motifs is 1. The van der Waals surface area contributed by atoms with Gasteiger partial charge in [0.15, 0.2) is 0 Å². The molecular formula is C18H21N3O5. The molecule has 1 fully saturated rings. The second-order valence-electron chi connectivity index (χ2n) is 6.69. The van der Waals surface area contributed by atoms with Gasteiger partial charge in [-0.25, -0.2) is 4.79 Å². The largest absolute Gasteiger partial charge is 0.480 e. The minimum Gasteiger partial charge on any atom is -0.480 e. The zero-order valence-electron chi connectivity index (χ0n) is 14.3.